The zero-order valence-corrected chi connectivity index (χ0v) is 23.3. The van der Waals surface area contributed by atoms with Crippen molar-refractivity contribution in [2.24, 2.45) is 11.3 Å². The third-order valence-electron chi connectivity index (χ3n) is 6.57. The fourth-order valence-corrected chi connectivity index (χ4v) is 4.71. The smallest absolute Gasteiger partial charge is 0.244 e. The summed E-state index contributed by atoms with van der Waals surface area (Å²) in [4.78, 5) is 27.5. The Hall–Kier alpha value is -2.19. The van der Waals surface area contributed by atoms with Crippen LogP contribution in [0.25, 0.3) is 0 Å². The van der Waals surface area contributed by atoms with Crippen LogP contribution < -0.4 is 21.3 Å². The van der Waals surface area contributed by atoms with Crippen molar-refractivity contribution >= 4 is 29.1 Å². The highest BCUT2D eigenvalue weighted by atomic mass is 32.1. The highest BCUT2D eigenvalue weighted by Gasteiger charge is 2.36. The van der Waals surface area contributed by atoms with Crippen LogP contribution in [0.2, 0.25) is 0 Å². The van der Waals surface area contributed by atoms with Gasteiger partial charge in [0, 0.05) is 32.7 Å². The number of carbonyl (C=O) groups excluding carboxylic acids is 2. The van der Waals surface area contributed by atoms with Crippen LogP contribution in [0, 0.1) is 11.3 Å². The van der Waals surface area contributed by atoms with E-state index in [1.165, 1.54) is 16.9 Å². The van der Waals surface area contributed by atoms with E-state index in [4.69, 9.17) is 12.2 Å². The van der Waals surface area contributed by atoms with Gasteiger partial charge in [0.25, 0.3) is 0 Å². The van der Waals surface area contributed by atoms with Crippen molar-refractivity contribution in [1.29, 1.82) is 0 Å². The van der Waals surface area contributed by atoms with Crippen molar-refractivity contribution in [3.05, 3.63) is 35.9 Å². The van der Waals surface area contributed by atoms with Gasteiger partial charge in [-0.2, -0.15) is 0 Å². The molecule has 35 heavy (non-hydrogen) atoms. The van der Waals surface area contributed by atoms with E-state index >= 15 is 0 Å². The highest BCUT2D eigenvalue weighted by molar-refractivity contribution is 7.80. The van der Waals surface area contributed by atoms with Crippen molar-refractivity contribution in [3.63, 3.8) is 0 Å². The van der Waals surface area contributed by atoms with Gasteiger partial charge in [-0.25, -0.2) is 0 Å². The average molecular weight is 504 g/mol. The first kappa shape index (κ1) is 29.0. The predicted octanol–water partition coefficient (Wildman–Crippen LogP) is 3.20. The molecular weight excluding hydrogens is 458 g/mol. The monoisotopic (exact) mass is 503 g/mol. The molecule has 0 heterocycles. The third kappa shape index (κ3) is 9.08. The predicted molar refractivity (Wildman–Crippen MR) is 147 cm³/mol. The number of thiocarbonyl (C=S) groups is 1. The number of carbonyl (C=O) groups is 2. The highest BCUT2D eigenvalue weighted by Crippen LogP contribution is 2.22. The lowest BCUT2D eigenvalue weighted by Crippen LogP contribution is -2.61. The van der Waals surface area contributed by atoms with Crippen molar-refractivity contribution in [3.8, 4) is 0 Å². The third-order valence-corrected chi connectivity index (χ3v) is 6.80. The second kappa shape index (κ2) is 13.2. The van der Waals surface area contributed by atoms with Gasteiger partial charge in [-0.05, 0) is 42.0 Å². The standard InChI is InChI=1S/C27H45N5O2S/c1-18(2)22(25(34)32(6)7)30-24(33)23(27(3,4)5)31-26(35)29-21-16-12-11-15-20(21)28-17-19-13-9-8-10-14-19/h8-10,13-14,18,20-23,28H,11-12,15-17H2,1-7H3,(H,30,33)(H2,29,31,35)/t20-,21-,22-,23+/m0/s1. The Balaban J connectivity index is 2.03. The number of likely N-dealkylation sites (N-methyl/N-ethyl adjacent to an activating group) is 1. The molecule has 1 aliphatic carbocycles. The summed E-state index contributed by atoms with van der Waals surface area (Å²) in [6, 6.07) is 9.71. The van der Waals surface area contributed by atoms with Gasteiger partial charge < -0.3 is 26.2 Å². The summed E-state index contributed by atoms with van der Waals surface area (Å²) < 4.78 is 0. The first-order chi connectivity index (χ1) is 16.4. The number of hydrogen-bond donors (Lipinski definition) is 4. The first-order valence-corrected chi connectivity index (χ1v) is 13.2. The van der Waals surface area contributed by atoms with E-state index < -0.39 is 17.5 Å². The summed E-state index contributed by atoms with van der Waals surface area (Å²) >= 11 is 5.68. The molecule has 7 nitrogen and oxygen atoms in total. The molecule has 4 N–H and O–H groups in total. The average Bonchev–Trinajstić information content (AvgIpc) is 2.79. The zero-order chi connectivity index (χ0) is 26.2. The molecule has 1 fully saturated rings. The number of hydrogen-bond acceptors (Lipinski definition) is 4. The van der Waals surface area contributed by atoms with E-state index in [9.17, 15) is 9.59 Å². The Morgan fingerprint density at radius 2 is 1.63 bits per heavy atom. The van der Waals surface area contributed by atoms with Crippen molar-refractivity contribution in [2.75, 3.05) is 14.1 Å². The van der Waals surface area contributed by atoms with Crippen LogP contribution in [0.5, 0.6) is 0 Å². The van der Waals surface area contributed by atoms with Gasteiger partial charge in [0.2, 0.25) is 11.8 Å². The van der Waals surface area contributed by atoms with Crippen molar-refractivity contribution < 1.29 is 9.59 Å². The lowest BCUT2D eigenvalue weighted by molar-refractivity contribution is -0.136. The molecule has 8 heteroatoms. The van der Waals surface area contributed by atoms with Gasteiger partial charge in [0.15, 0.2) is 5.11 Å². The topological polar surface area (TPSA) is 85.5 Å². The summed E-state index contributed by atoms with van der Waals surface area (Å²) in [7, 11) is 3.41. The van der Waals surface area contributed by atoms with Crippen LogP contribution in [-0.4, -0.2) is 60.1 Å². The Kier molecular flexibility index (Phi) is 11.0. The maximum atomic E-state index is 13.3. The van der Waals surface area contributed by atoms with E-state index in [0.29, 0.717) is 11.2 Å². The normalized spacial score (nSPS) is 20.0. The number of nitrogens with one attached hydrogen (secondary N) is 4. The molecule has 196 valence electrons. The van der Waals surface area contributed by atoms with Gasteiger partial charge in [-0.3, -0.25) is 9.59 Å². The maximum absolute atomic E-state index is 13.3. The Bertz CT molecular complexity index is 838. The molecule has 0 aromatic heterocycles. The van der Waals surface area contributed by atoms with Crippen LogP contribution >= 0.6 is 12.2 Å². The lowest BCUT2D eigenvalue weighted by Gasteiger charge is -2.37. The largest absolute Gasteiger partial charge is 0.358 e. The molecule has 0 unspecified atom stereocenters. The van der Waals surface area contributed by atoms with E-state index in [-0.39, 0.29) is 23.8 Å². The van der Waals surface area contributed by atoms with Crippen LogP contribution in [-0.2, 0) is 16.1 Å². The molecule has 0 radical (unpaired) electrons. The van der Waals surface area contributed by atoms with Crippen LogP contribution in [0.3, 0.4) is 0 Å². The SMILES string of the molecule is CC(C)[C@H](NC(=O)[C@@H](NC(=S)N[C@H]1CCCC[C@@H]1NCc1ccccc1)C(C)(C)C)C(=O)N(C)C. The van der Waals surface area contributed by atoms with Crippen LogP contribution in [0.1, 0.15) is 65.9 Å². The second-order valence-corrected chi connectivity index (χ2v) is 11.7. The van der Waals surface area contributed by atoms with Gasteiger partial charge in [0.05, 0.1) is 0 Å². The van der Waals surface area contributed by atoms with Crippen molar-refractivity contribution in [2.45, 2.75) is 91.0 Å². The van der Waals surface area contributed by atoms with E-state index in [1.54, 1.807) is 14.1 Å². The minimum atomic E-state index is -0.587. The molecule has 2 amide bonds. The van der Waals surface area contributed by atoms with Gasteiger partial charge in [0.1, 0.15) is 12.1 Å². The number of amides is 2. The van der Waals surface area contributed by atoms with Gasteiger partial charge in [-0.15, -0.1) is 0 Å². The Morgan fingerprint density at radius 3 is 2.17 bits per heavy atom. The fraction of sp³-hybridized carbons (Fsp3) is 0.667. The molecule has 2 rings (SSSR count). The summed E-state index contributed by atoms with van der Waals surface area (Å²) in [5.41, 5.74) is 0.852. The summed E-state index contributed by atoms with van der Waals surface area (Å²) in [5, 5.41) is 13.9. The van der Waals surface area contributed by atoms with Crippen LogP contribution in [0.4, 0.5) is 0 Å². The lowest BCUT2D eigenvalue weighted by atomic mass is 9.85. The molecule has 1 aromatic rings. The first-order valence-electron chi connectivity index (χ1n) is 12.8. The van der Waals surface area contributed by atoms with E-state index in [1.807, 2.05) is 40.7 Å². The second-order valence-electron chi connectivity index (χ2n) is 11.2. The van der Waals surface area contributed by atoms with Crippen LogP contribution in [0.15, 0.2) is 30.3 Å². The molecule has 1 aromatic carbocycles. The quantitative estimate of drug-likeness (QED) is 0.387. The van der Waals surface area contributed by atoms with E-state index in [2.05, 4.69) is 45.5 Å². The Labute approximate surface area is 217 Å². The minimum Gasteiger partial charge on any atom is -0.358 e. The zero-order valence-electron chi connectivity index (χ0n) is 22.5. The molecule has 4 atom stereocenters. The summed E-state index contributed by atoms with van der Waals surface area (Å²) in [6.45, 7) is 10.7. The van der Waals surface area contributed by atoms with Gasteiger partial charge >= 0.3 is 0 Å². The molecule has 0 bridgehead atoms. The summed E-state index contributed by atoms with van der Waals surface area (Å²) in [6.07, 6.45) is 4.44. The minimum absolute atomic E-state index is 0.0294. The number of rotatable bonds is 9. The van der Waals surface area contributed by atoms with E-state index in [0.717, 1.165) is 25.8 Å². The molecule has 1 saturated carbocycles. The Morgan fingerprint density at radius 1 is 1.03 bits per heavy atom. The van der Waals surface area contributed by atoms with Crippen molar-refractivity contribution in [1.82, 2.24) is 26.2 Å². The van der Waals surface area contributed by atoms with Gasteiger partial charge in [-0.1, -0.05) is 77.8 Å². The number of nitrogens with zero attached hydrogens (tertiary/aromatic N) is 1. The molecule has 0 spiro atoms. The number of benzene rings is 1. The maximum Gasteiger partial charge on any atom is 0.244 e. The fourth-order valence-electron chi connectivity index (χ4n) is 4.44. The molecule has 1 aliphatic rings. The molecule has 0 saturated heterocycles. The molecular formula is C27H45N5O2S. The molecule has 0 aliphatic heterocycles. The summed E-state index contributed by atoms with van der Waals surface area (Å²) in [5.74, 6) is -0.368.